The predicted octanol–water partition coefficient (Wildman–Crippen LogP) is 2.19. The SMILES string of the molecule is [2H]C([2H])([2H])Oc1cc2c(cc1OC)CCN1C(=O)NC(Cl)C=C21. The van der Waals surface area contributed by atoms with Gasteiger partial charge in [0.05, 0.1) is 24.0 Å². The summed E-state index contributed by atoms with van der Waals surface area (Å²) in [6.07, 6.45) is 2.34. The molecule has 0 fully saturated rings. The fraction of sp³-hybridized carbons (Fsp3) is 0.357. The molecule has 0 aliphatic carbocycles. The van der Waals surface area contributed by atoms with Crippen LogP contribution in [0.3, 0.4) is 0 Å². The lowest BCUT2D eigenvalue weighted by Crippen LogP contribution is -2.48. The minimum absolute atomic E-state index is 0.103. The van der Waals surface area contributed by atoms with Crippen LogP contribution in [0.2, 0.25) is 0 Å². The predicted molar refractivity (Wildman–Crippen MR) is 76.1 cm³/mol. The highest BCUT2D eigenvalue weighted by molar-refractivity contribution is 6.23. The maximum Gasteiger partial charge on any atom is 0.323 e. The Morgan fingerprint density at radius 3 is 3.00 bits per heavy atom. The van der Waals surface area contributed by atoms with Crippen LogP contribution in [0.4, 0.5) is 4.79 Å². The Bertz CT molecular complexity index is 691. The molecule has 0 spiro atoms. The zero-order valence-corrected chi connectivity index (χ0v) is 11.5. The standard InChI is InChI=1S/C14H15ClN2O3/c1-19-11-5-8-3-4-17-10(7-13(15)16-14(17)18)9(8)6-12(11)20-2/h5-7,13H,3-4H2,1-2H3,(H,16,18)/i2D3. The number of hydrogen-bond acceptors (Lipinski definition) is 3. The van der Waals surface area contributed by atoms with Crippen molar-refractivity contribution in [1.82, 2.24) is 10.2 Å². The van der Waals surface area contributed by atoms with E-state index < -0.39 is 12.5 Å². The van der Waals surface area contributed by atoms with Crippen molar-refractivity contribution in [2.75, 3.05) is 20.7 Å². The van der Waals surface area contributed by atoms with Crippen molar-refractivity contribution in [3.05, 3.63) is 29.3 Å². The Labute approximate surface area is 126 Å². The molecule has 106 valence electrons. The Kier molecular flexibility index (Phi) is 2.44. The molecule has 0 saturated heterocycles. The van der Waals surface area contributed by atoms with Crippen molar-refractivity contribution in [1.29, 1.82) is 0 Å². The van der Waals surface area contributed by atoms with Gasteiger partial charge >= 0.3 is 6.03 Å². The smallest absolute Gasteiger partial charge is 0.323 e. The molecule has 2 aliphatic rings. The monoisotopic (exact) mass is 297 g/mol. The molecule has 1 N–H and O–H groups in total. The molecule has 0 saturated carbocycles. The highest BCUT2D eigenvalue weighted by Gasteiger charge is 2.31. The third-order valence-electron chi connectivity index (χ3n) is 3.48. The second kappa shape index (κ2) is 4.90. The minimum Gasteiger partial charge on any atom is -0.493 e. The number of ether oxygens (including phenoxy) is 2. The Morgan fingerprint density at radius 2 is 2.25 bits per heavy atom. The summed E-state index contributed by atoms with van der Waals surface area (Å²) in [7, 11) is -1.14. The van der Waals surface area contributed by atoms with Gasteiger partial charge in [-0.2, -0.15) is 0 Å². The second-order valence-electron chi connectivity index (χ2n) is 4.57. The largest absolute Gasteiger partial charge is 0.493 e. The van der Waals surface area contributed by atoms with Crippen molar-refractivity contribution in [3.63, 3.8) is 0 Å². The molecule has 0 bridgehead atoms. The quantitative estimate of drug-likeness (QED) is 0.672. The van der Waals surface area contributed by atoms with Gasteiger partial charge < -0.3 is 14.8 Å². The number of nitrogens with zero attached hydrogens (tertiary/aromatic N) is 1. The molecule has 0 radical (unpaired) electrons. The molecule has 1 unspecified atom stereocenters. The fourth-order valence-corrected chi connectivity index (χ4v) is 2.76. The van der Waals surface area contributed by atoms with Gasteiger partial charge in [0.1, 0.15) is 5.50 Å². The van der Waals surface area contributed by atoms with Crippen LogP contribution in [0.25, 0.3) is 5.70 Å². The molecule has 5 nitrogen and oxygen atoms in total. The highest BCUT2D eigenvalue weighted by Crippen LogP contribution is 2.38. The first-order chi connectivity index (χ1) is 10.8. The van der Waals surface area contributed by atoms with E-state index in [1.165, 1.54) is 7.11 Å². The molecule has 1 aromatic carbocycles. The first-order valence-corrected chi connectivity index (χ1v) is 6.56. The molecule has 2 aliphatic heterocycles. The van der Waals surface area contributed by atoms with E-state index in [4.69, 9.17) is 25.2 Å². The van der Waals surface area contributed by atoms with Crippen LogP contribution in [0.1, 0.15) is 15.2 Å². The normalized spacial score (nSPS) is 23.4. The first kappa shape index (κ1) is 9.94. The van der Waals surface area contributed by atoms with E-state index in [2.05, 4.69) is 5.32 Å². The molecule has 3 rings (SSSR count). The number of urea groups is 1. The van der Waals surface area contributed by atoms with Gasteiger partial charge in [0.25, 0.3) is 0 Å². The average Bonchev–Trinajstić information content (AvgIpc) is 2.44. The van der Waals surface area contributed by atoms with E-state index in [9.17, 15) is 4.79 Å². The van der Waals surface area contributed by atoms with E-state index >= 15 is 0 Å². The number of methoxy groups -OCH3 is 2. The fourth-order valence-electron chi connectivity index (χ4n) is 2.55. The van der Waals surface area contributed by atoms with Crippen LogP contribution in [0, 0.1) is 0 Å². The van der Waals surface area contributed by atoms with Crippen LogP contribution in [0.5, 0.6) is 11.5 Å². The number of amides is 2. The van der Waals surface area contributed by atoms with Gasteiger partial charge in [-0.3, -0.25) is 4.90 Å². The lowest BCUT2D eigenvalue weighted by Gasteiger charge is -2.36. The number of carbonyl (C=O) groups is 1. The van der Waals surface area contributed by atoms with Gasteiger partial charge in [0, 0.05) is 12.1 Å². The number of halogens is 1. The summed E-state index contributed by atoms with van der Waals surface area (Å²) >= 11 is 6.02. The molecular weight excluding hydrogens is 280 g/mol. The second-order valence-corrected chi connectivity index (χ2v) is 5.04. The number of rotatable bonds is 2. The highest BCUT2D eigenvalue weighted by atomic mass is 35.5. The van der Waals surface area contributed by atoms with Crippen molar-refractivity contribution in [2.45, 2.75) is 11.9 Å². The average molecular weight is 298 g/mol. The van der Waals surface area contributed by atoms with Crippen molar-refractivity contribution < 1.29 is 18.4 Å². The number of fused-ring (bicyclic) bond motifs is 3. The number of hydrogen-bond donors (Lipinski definition) is 1. The molecule has 1 atom stereocenters. The summed E-state index contributed by atoms with van der Waals surface area (Å²) < 4.78 is 32.1. The van der Waals surface area contributed by atoms with Crippen LogP contribution in [0.15, 0.2) is 18.2 Å². The van der Waals surface area contributed by atoms with Crippen LogP contribution in [-0.2, 0) is 6.42 Å². The number of nitrogens with one attached hydrogen (secondary N) is 1. The molecule has 1 aromatic rings. The van der Waals surface area contributed by atoms with Gasteiger partial charge in [-0.1, -0.05) is 11.6 Å². The van der Waals surface area contributed by atoms with Gasteiger partial charge in [-0.25, -0.2) is 4.79 Å². The topological polar surface area (TPSA) is 50.8 Å². The van der Waals surface area contributed by atoms with Crippen LogP contribution < -0.4 is 14.8 Å². The summed E-state index contributed by atoms with van der Waals surface area (Å²) in [6.45, 7) is 0.511. The van der Waals surface area contributed by atoms with Crippen LogP contribution in [-0.4, -0.2) is 37.1 Å². The molecule has 2 amide bonds. The number of benzene rings is 1. The molecule has 6 heteroatoms. The Balaban J connectivity index is 2.10. The summed E-state index contributed by atoms with van der Waals surface area (Å²) in [5.41, 5.74) is 1.69. The van der Waals surface area contributed by atoms with Crippen LogP contribution >= 0.6 is 11.6 Å². The van der Waals surface area contributed by atoms with E-state index in [0.717, 1.165) is 11.1 Å². The molecule has 2 heterocycles. The maximum absolute atomic E-state index is 12.0. The summed E-state index contributed by atoms with van der Waals surface area (Å²) in [6, 6.07) is 3.05. The van der Waals surface area contributed by atoms with E-state index in [1.54, 1.807) is 23.1 Å². The van der Waals surface area contributed by atoms with E-state index in [1.807, 2.05) is 0 Å². The molecule has 0 aromatic heterocycles. The Hall–Kier alpha value is -1.88. The third kappa shape index (κ3) is 1.98. The first-order valence-electron chi connectivity index (χ1n) is 7.63. The maximum atomic E-state index is 12.0. The van der Waals surface area contributed by atoms with Gasteiger partial charge in [-0.15, -0.1) is 0 Å². The van der Waals surface area contributed by atoms with E-state index in [0.29, 0.717) is 24.4 Å². The zero-order chi connectivity index (χ0) is 16.8. The summed E-state index contributed by atoms with van der Waals surface area (Å²) in [5, 5.41) is 2.61. The van der Waals surface area contributed by atoms with Crippen molar-refractivity contribution in [2.24, 2.45) is 0 Å². The zero-order valence-electron chi connectivity index (χ0n) is 13.8. The number of alkyl halides is 1. The lowest BCUT2D eigenvalue weighted by atomic mass is 9.95. The van der Waals surface area contributed by atoms with Gasteiger partial charge in [-0.05, 0) is 30.2 Å². The summed E-state index contributed by atoms with van der Waals surface area (Å²) in [4.78, 5) is 13.6. The molecule has 20 heavy (non-hydrogen) atoms. The Morgan fingerprint density at radius 1 is 1.45 bits per heavy atom. The third-order valence-corrected chi connectivity index (χ3v) is 3.72. The minimum atomic E-state index is -2.59. The lowest BCUT2D eigenvalue weighted by molar-refractivity contribution is 0.215. The number of carbonyl (C=O) groups excluding carboxylic acids is 1. The van der Waals surface area contributed by atoms with Gasteiger partial charge in [0.15, 0.2) is 11.5 Å². The van der Waals surface area contributed by atoms with Crippen molar-refractivity contribution in [3.8, 4) is 11.5 Å². The summed E-state index contributed by atoms with van der Waals surface area (Å²) in [5.74, 6) is 0.447. The van der Waals surface area contributed by atoms with E-state index in [-0.39, 0.29) is 11.8 Å². The van der Waals surface area contributed by atoms with Crippen molar-refractivity contribution >= 4 is 23.3 Å². The van der Waals surface area contributed by atoms with Gasteiger partial charge in [0.2, 0.25) is 0 Å². The molecular formula is C14H15ClN2O3.